The van der Waals surface area contributed by atoms with Crippen LogP contribution in [0.1, 0.15) is 50.2 Å². The highest BCUT2D eigenvalue weighted by Crippen LogP contribution is 2.45. The van der Waals surface area contributed by atoms with Crippen molar-refractivity contribution in [2.45, 2.75) is 56.8 Å². The first kappa shape index (κ1) is 23.5. The molecule has 2 aromatic rings. The van der Waals surface area contributed by atoms with E-state index in [0.29, 0.717) is 6.04 Å². The van der Waals surface area contributed by atoms with Gasteiger partial charge in [0.15, 0.2) is 16.8 Å². The van der Waals surface area contributed by atoms with Crippen LogP contribution in [0, 0.1) is 0 Å². The average Bonchev–Trinajstić information content (AvgIpc) is 3.42. The van der Waals surface area contributed by atoms with Crippen LogP contribution in [0.15, 0.2) is 18.2 Å². The molecule has 1 aliphatic heterocycles. The molecule has 0 amide bonds. The monoisotopic (exact) mass is 487 g/mol. The number of ether oxygens (including phenoxy) is 1. The lowest BCUT2D eigenvalue weighted by molar-refractivity contribution is 0.0178. The van der Waals surface area contributed by atoms with E-state index in [1.54, 1.807) is 0 Å². The van der Waals surface area contributed by atoms with Gasteiger partial charge in [0.2, 0.25) is 5.28 Å². The van der Waals surface area contributed by atoms with E-state index in [-0.39, 0.29) is 30.0 Å². The van der Waals surface area contributed by atoms with E-state index in [9.17, 15) is 4.89 Å². The Balaban J connectivity index is 1.46. The third kappa shape index (κ3) is 5.82. The molecule has 1 aromatic carbocycles. The van der Waals surface area contributed by atoms with Crippen molar-refractivity contribution in [3.63, 3.8) is 0 Å². The normalized spacial score (nSPS) is 23.2. The van der Waals surface area contributed by atoms with Crippen LogP contribution in [0.3, 0.4) is 0 Å². The Labute approximate surface area is 189 Å². The second kappa shape index (κ2) is 10.5. The molecule has 0 radical (unpaired) electrons. The molecule has 2 fully saturated rings. The highest BCUT2D eigenvalue weighted by atomic mass is 35.5. The van der Waals surface area contributed by atoms with Crippen molar-refractivity contribution in [2.24, 2.45) is 0 Å². The molecule has 3 atom stereocenters. The van der Waals surface area contributed by atoms with Crippen LogP contribution in [0.4, 0.5) is 5.82 Å². The maximum absolute atomic E-state index is 9.71. The largest absolute Gasteiger partial charge is 0.368 e. The highest BCUT2D eigenvalue weighted by Gasteiger charge is 2.29. The van der Waals surface area contributed by atoms with Crippen LogP contribution in [0.5, 0.6) is 0 Å². The molecular formula is C20H28ClN3O5P2. The second-order valence-corrected chi connectivity index (χ2v) is 11.3. The summed E-state index contributed by atoms with van der Waals surface area (Å²) in [6, 6.07) is 6.61. The Hall–Kier alpha value is -0.690. The van der Waals surface area contributed by atoms with Gasteiger partial charge in [-0.1, -0.05) is 18.9 Å². The molecule has 2 heterocycles. The Morgan fingerprint density at radius 3 is 2.68 bits per heavy atom. The summed E-state index contributed by atoms with van der Waals surface area (Å²) in [4.78, 5) is 38.9. The van der Waals surface area contributed by atoms with E-state index in [4.69, 9.17) is 30.6 Å². The predicted molar refractivity (Wildman–Crippen MR) is 123 cm³/mol. The van der Waals surface area contributed by atoms with Crippen LogP contribution in [0.25, 0.3) is 10.9 Å². The quantitative estimate of drug-likeness (QED) is 0.370. The van der Waals surface area contributed by atoms with Crippen molar-refractivity contribution >= 4 is 45.1 Å². The molecule has 0 spiro atoms. The molecule has 1 aliphatic carbocycles. The third-order valence-corrected chi connectivity index (χ3v) is 8.61. The Morgan fingerprint density at radius 1 is 1.16 bits per heavy atom. The van der Waals surface area contributed by atoms with Crippen LogP contribution >= 0.6 is 28.4 Å². The van der Waals surface area contributed by atoms with E-state index in [0.717, 1.165) is 35.1 Å². The fourth-order valence-electron chi connectivity index (χ4n) is 4.43. The zero-order valence-corrected chi connectivity index (χ0v) is 19.9. The first-order valence-electron chi connectivity index (χ1n) is 10.5. The van der Waals surface area contributed by atoms with Crippen LogP contribution in [-0.4, -0.2) is 56.4 Å². The van der Waals surface area contributed by atoms with Gasteiger partial charge in [-0.05, 0) is 55.0 Å². The van der Waals surface area contributed by atoms with Gasteiger partial charge in [-0.15, -0.1) is 0 Å². The number of halogens is 1. The summed E-state index contributed by atoms with van der Waals surface area (Å²) in [6.07, 6.45) is 6.26. The van der Waals surface area contributed by atoms with Gasteiger partial charge in [-0.3, -0.25) is 0 Å². The molecule has 0 bridgehead atoms. The topological polar surface area (TPSA) is 108 Å². The number of benzene rings is 1. The van der Waals surface area contributed by atoms with Crippen molar-refractivity contribution in [3.8, 4) is 0 Å². The summed E-state index contributed by atoms with van der Waals surface area (Å²) in [5.41, 5.74) is 1.83. The van der Waals surface area contributed by atoms with Crippen molar-refractivity contribution < 1.29 is 23.9 Å². The summed E-state index contributed by atoms with van der Waals surface area (Å²) in [5, 5.41) is 1.23. The van der Waals surface area contributed by atoms with Crippen LogP contribution in [0.2, 0.25) is 5.28 Å². The second-order valence-electron chi connectivity index (χ2n) is 8.13. The van der Waals surface area contributed by atoms with Gasteiger partial charge < -0.3 is 28.8 Å². The standard InChI is InChI=1S/C20H28ClN3O5P2/c1-24(14-4-2-3-5-14)19-16-8-6-13(10-17(16)22-20(21)23-19)18-9-7-15(29-18)11-28-31(27)12-30(25)26/h6,8,10,14-15,18,25-27H,2-5,7,9,11-12H2,1H3. The van der Waals surface area contributed by atoms with Crippen molar-refractivity contribution in [1.29, 1.82) is 0 Å². The molecule has 2 aliphatic rings. The molecule has 3 N–H and O–H groups in total. The number of nitrogens with zero attached hydrogens (tertiary/aromatic N) is 3. The molecule has 1 aromatic heterocycles. The lowest BCUT2D eigenvalue weighted by atomic mass is 10.0. The molecule has 3 unspecified atom stereocenters. The minimum Gasteiger partial charge on any atom is -0.368 e. The van der Waals surface area contributed by atoms with Gasteiger partial charge in [0.05, 0.1) is 30.2 Å². The SMILES string of the molecule is CN(c1nc(Cl)nc2cc(C3CCC(COP(O)CP(O)O)O3)ccc12)C1CCCC1. The van der Waals surface area contributed by atoms with Crippen LogP contribution < -0.4 is 4.90 Å². The number of aromatic nitrogens is 2. The molecule has 4 rings (SSSR count). The summed E-state index contributed by atoms with van der Waals surface area (Å²) in [7, 11) is -1.90. The zero-order valence-electron chi connectivity index (χ0n) is 17.4. The lowest BCUT2D eigenvalue weighted by Crippen LogP contribution is -2.29. The minimum atomic E-state index is -2.15. The first-order chi connectivity index (χ1) is 14.9. The molecule has 170 valence electrons. The first-order valence-corrected chi connectivity index (χ1v) is 13.7. The third-order valence-electron chi connectivity index (χ3n) is 6.02. The highest BCUT2D eigenvalue weighted by molar-refractivity contribution is 7.63. The fraction of sp³-hybridized carbons (Fsp3) is 0.600. The van der Waals surface area contributed by atoms with E-state index in [2.05, 4.69) is 28.0 Å². The maximum Gasteiger partial charge on any atom is 0.224 e. The molecule has 31 heavy (non-hydrogen) atoms. The van der Waals surface area contributed by atoms with Gasteiger partial charge in [-0.2, -0.15) is 4.98 Å². The molecular weight excluding hydrogens is 460 g/mol. The fourth-order valence-corrected chi connectivity index (χ4v) is 6.13. The van der Waals surface area contributed by atoms with Gasteiger partial charge >= 0.3 is 0 Å². The maximum atomic E-state index is 9.71. The number of hydrogen-bond donors (Lipinski definition) is 3. The summed E-state index contributed by atoms with van der Waals surface area (Å²) >= 11 is 6.26. The van der Waals surface area contributed by atoms with E-state index in [1.165, 1.54) is 25.7 Å². The number of hydrogen-bond acceptors (Lipinski definition) is 8. The summed E-state index contributed by atoms with van der Waals surface area (Å²) < 4.78 is 11.5. The predicted octanol–water partition coefficient (Wildman–Crippen LogP) is 4.46. The Kier molecular flexibility index (Phi) is 7.95. The van der Waals surface area contributed by atoms with Crippen LogP contribution in [-0.2, 0) is 9.26 Å². The summed E-state index contributed by atoms with van der Waals surface area (Å²) in [6.45, 7) is 0.236. The molecule has 1 saturated heterocycles. The van der Waals surface area contributed by atoms with E-state index < -0.39 is 16.8 Å². The smallest absolute Gasteiger partial charge is 0.224 e. The zero-order chi connectivity index (χ0) is 22.0. The van der Waals surface area contributed by atoms with Gasteiger partial charge in [-0.25, -0.2) is 4.98 Å². The van der Waals surface area contributed by atoms with E-state index >= 15 is 0 Å². The average molecular weight is 488 g/mol. The Morgan fingerprint density at radius 2 is 1.94 bits per heavy atom. The number of rotatable bonds is 8. The van der Waals surface area contributed by atoms with Crippen molar-refractivity contribution in [2.75, 3.05) is 24.5 Å². The molecule has 8 nitrogen and oxygen atoms in total. The number of fused-ring (bicyclic) bond motifs is 1. The Bertz CT molecular complexity index is 902. The number of anilines is 1. The molecule has 1 saturated carbocycles. The van der Waals surface area contributed by atoms with Gasteiger partial charge in [0.1, 0.15) is 5.82 Å². The van der Waals surface area contributed by atoms with Crippen molar-refractivity contribution in [3.05, 3.63) is 29.0 Å². The summed E-state index contributed by atoms with van der Waals surface area (Å²) in [5.74, 6) is 0.750. The van der Waals surface area contributed by atoms with E-state index in [1.807, 2.05) is 12.1 Å². The minimum absolute atomic E-state index is 0.0829. The van der Waals surface area contributed by atoms with Gasteiger partial charge in [0.25, 0.3) is 0 Å². The van der Waals surface area contributed by atoms with Crippen molar-refractivity contribution in [1.82, 2.24) is 9.97 Å². The van der Waals surface area contributed by atoms with Gasteiger partial charge in [0, 0.05) is 18.5 Å². The molecule has 11 heteroatoms. The lowest BCUT2D eigenvalue weighted by Gasteiger charge is -2.26.